The van der Waals surface area contributed by atoms with E-state index in [0.717, 1.165) is 11.8 Å². The Morgan fingerprint density at radius 3 is 2.30 bits per heavy atom. The molecule has 2 heterocycles. The molecule has 1 aliphatic rings. The summed E-state index contributed by atoms with van der Waals surface area (Å²) in [6.07, 6.45) is -4.57. The zero-order valence-electron chi connectivity index (χ0n) is 16.0. The van der Waals surface area contributed by atoms with Gasteiger partial charge in [0.1, 0.15) is 0 Å². The van der Waals surface area contributed by atoms with Gasteiger partial charge in [-0.05, 0) is 34.7 Å². The molecule has 1 aliphatic heterocycles. The highest BCUT2D eigenvalue weighted by Gasteiger charge is 2.36. The maximum atomic E-state index is 13.2. The van der Waals surface area contributed by atoms with E-state index in [-0.39, 0.29) is 5.56 Å². The summed E-state index contributed by atoms with van der Waals surface area (Å²) in [6.45, 7) is 2.17. The van der Waals surface area contributed by atoms with Crippen molar-refractivity contribution in [3.63, 3.8) is 0 Å². The first-order chi connectivity index (χ1) is 14.4. The molecule has 0 aliphatic carbocycles. The smallest absolute Gasteiger partial charge is 0.336 e. The third-order valence-electron chi connectivity index (χ3n) is 5.02. The molecule has 0 saturated carbocycles. The lowest BCUT2D eigenvalue weighted by Crippen LogP contribution is -2.48. The van der Waals surface area contributed by atoms with Crippen LogP contribution in [0.3, 0.4) is 0 Å². The van der Waals surface area contributed by atoms with Crippen molar-refractivity contribution in [3.8, 4) is 5.69 Å². The second-order valence-electron chi connectivity index (χ2n) is 6.95. The average Bonchev–Trinajstić information content (AvgIpc) is 3.22. The van der Waals surface area contributed by atoms with E-state index in [4.69, 9.17) is 0 Å². The van der Waals surface area contributed by atoms with Gasteiger partial charge in [0.15, 0.2) is 5.82 Å². The van der Waals surface area contributed by atoms with Crippen LogP contribution < -0.4 is 0 Å². The second kappa shape index (κ2) is 8.23. The van der Waals surface area contributed by atoms with Crippen LogP contribution in [0.5, 0.6) is 0 Å². The summed E-state index contributed by atoms with van der Waals surface area (Å²) in [5.41, 5.74) is -0.374. The molecule has 0 radical (unpaired) electrons. The molecule has 0 spiro atoms. The molecule has 4 rings (SSSR count). The van der Waals surface area contributed by atoms with E-state index in [1.165, 1.54) is 23.1 Å². The first-order valence-corrected chi connectivity index (χ1v) is 9.44. The third kappa shape index (κ3) is 4.18. The van der Waals surface area contributed by atoms with Gasteiger partial charge in [-0.15, -0.1) is 5.10 Å². The molecular weight excluding hydrogens is 397 g/mol. The molecule has 7 nitrogen and oxygen atoms in total. The minimum absolute atomic E-state index is 0.313. The van der Waals surface area contributed by atoms with E-state index in [2.05, 4.69) is 20.4 Å². The van der Waals surface area contributed by atoms with E-state index >= 15 is 0 Å². The average molecular weight is 416 g/mol. The van der Waals surface area contributed by atoms with Crippen LogP contribution in [0, 0.1) is 0 Å². The van der Waals surface area contributed by atoms with Crippen molar-refractivity contribution in [1.82, 2.24) is 30.0 Å². The van der Waals surface area contributed by atoms with Crippen LogP contribution >= 0.6 is 0 Å². The van der Waals surface area contributed by atoms with Gasteiger partial charge in [-0.3, -0.25) is 9.69 Å². The van der Waals surface area contributed by atoms with E-state index in [1.807, 2.05) is 30.3 Å². The Balaban J connectivity index is 1.41. The number of amides is 1. The standard InChI is InChI=1S/C20H19F3N6O/c21-20(22,23)17-9-5-4-8-16(17)19(30)28-12-10-27(11-13-28)14-18-24-25-26-29(18)15-6-2-1-3-7-15/h1-9H,10-14H2. The lowest BCUT2D eigenvalue weighted by molar-refractivity contribution is -0.138. The van der Waals surface area contributed by atoms with Gasteiger partial charge in [0, 0.05) is 26.2 Å². The number of carbonyl (C=O) groups excluding carboxylic acids is 1. The van der Waals surface area contributed by atoms with Crippen LogP contribution in [-0.2, 0) is 12.7 Å². The lowest BCUT2D eigenvalue weighted by Gasteiger charge is -2.34. The highest BCUT2D eigenvalue weighted by Crippen LogP contribution is 2.32. The molecule has 10 heteroatoms. The molecule has 1 amide bonds. The van der Waals surface area contributed by atoms with E-state index in [0.29, 0.717) is 38.5 Å². The molecule has 156 valence electrons. The summed E-state index contributed by atoms with van der Waals surface area (Å²) < 4.78 is 41.3. The summed E-state index contributed by atoms with van der Waals surface area (Å²) in [6, 6.07) is 14.4. The molecular formula is C20H19F3N6O. The van der Waals surface area contributed by atoms with Crippen molar-refractivity contribution < 1.29 is 18.0 Å². The summed E-state index contributed by atoms with van der Waals surface area (Å²) in [5, 5.41) is 11.9. The van der Waals surface area contributed by atoms with Gasteiger partial charge in [-0.25, -0.2) is 0 Å². The molecule has 3 aromatic rings. The zero-order chi connectivity index (χ0) is 21.1. The number of halogens is 3. The molecule has 0 atom stereocenters. The number of rotatable bonds is 4. The Morgan fingerprint density at radius 1 is 0.933 bits per heavy atom. The Morgan fingerprint density at radius 2 is 1.60 bits per heavy atom. The number of piperazine rings is 1. The van der Waals surface area contributed by atoms with Crippen LogP contribution in [0.2, 0.25) is 0 Å². The topological polar surface area (TPSA) is 67.2 Å². The monoisotopic (exact) mass is 416 g/mol. The zero-order valence-corrected chi connectivity index (χ0v) is 16.0. The molecule has 1 aromatic heterocycles. The predicted molar refractivity (Wildman–Crippen MR) is 102 cm³/mol. The van der Waals surface area contributed by atoms with Crippen molar-refractivity contribution in [2.75, 3.05) is 26.2 Å². The van der Waals surface area contributed by atoms with Crippen LogP contribution in [0.15, 0.2) is 54.6 Å². The minimum atomic E-state index is -4.57. The molecule has 0 unspecified atom stereocenters. The van der Waals surface area contributed by atoms with Crippen LogP contribution in [-0.4, -0.2) is 62.1 Å². The molecule has 1 saturated heterocycles. The maximum absolute atomic E-state index is 13.2. The number of para-hydroxylation sites is 1. The Labute approximate surface area is 170 Å². The lowest BCUT2D eigenvalue weighted by atomic mass is 10.1. The Bertz CT molecular complexity index is 1010. The van der Waals surface area contributed by atoms with Crippen LogP contribution in [0.1, 0.15) is 21.7 Å². The molecule has 0 N–H and O–H groups in total. The number of alkyl halides is 3. The van der Waals surface area contributed by atoms with E-state index in [9.17, 15) is 18.0 Å². The van der Waals surface area contributed by atoms with Gasteiger partial charge in [0.05, 0.1) is 23.4 Å². The normalized spacial score (nSPS) is 15.4. The van der Waals surface area contributed by atoms with E-state index in [1.54, 1.807) is 4.68 Å². The molecule has 2 aromatic carbocycles. The highest BCUT2D eigenvalue weighted by atomic mass is 19.4. The first-order valence-electron chi connectivity index (χ1n) is 9.44. The third-order valence-corrected chi connectivity index (χ3v) is 5.02. The summed E-state index contributed by atoms with van der Waals surface area (Å²) in [4.78, 5) is 16.2. The molecule has 0 bridgehead atoms. The van der Waals surface area contributed by atoms with Gasteiger partial charge in [0.2, 0.25) is 0 Å². The summed E-state index contributed by atoms with van der Waals surface area (Å²) >= 11 is 0. The van der Waals surface area contributed by atoms with Crippen molar-refractivity contribution in [2.45, 2.75) is 12.7 Å². The van der Waals surface area contributed by atoms with Crippen molar-refractivity contribution >= 4 is 5.91 Å². The van der Waals surface area contributed by atoms with Crippen LogP contribution in [0.25, 0.3) is 5.69 Å². The van der Waals surface area contributed by atoms with Crippen molar-refractivity contribution in [1.29, 1.82) is 0 Å². The number of hydrogen-bond donors (Lipinski definition) is 0. The summed E-state index contributed by atoms with van der Waals surface area (Å²) in [5.74, 6) is 0.0556. The van der Waals surface area contributed by atoms with Gasteiger partial charge < -0.3 is 4.90 Å². The minimum Gasteiger partial charge on any atom is -0.336 e. The number of tetrazole rings is 1. The summed E-state index contributed by atoms with van der Waals surface area (Å²) in [7, 11) is 0. The SMILES string of the molecule is O=C(c1ccccc1C(F)(F)F)N1CCN(Cc2nnnn2-c2ccccc2)CC1. The quantitative estimate of drug-likeness (QED) is 0.654. The molecule has 30 heavy (non-hydrogen) atoms. The maximum Gasteiger partial charge on any atom is 0.417 e. The van der Waals surface area contributed by atoms with Gasteiger partial charge in [0.25, 0.3) is 5.91 Å². The largest absolute Gasteiger partial charge is 0.417 e. The first kappa shape index (κ1) is 20.0. The number of benzene rings is 2. The fourth-order valence-electron chi connectivity index (χ4n) is 3.47. The van der Waals surface area contributed by atoms with Gasteiger partial charge in [-0.2, -0.15) is 17.9 Å². The Kier molecular flexibility index (Phi) is 5.49. The fraction of sp³-hybridized carbons (Fsp3) is 0.300. The fourth-order valence-corrected chi connectivity index (χ4v) is 3.47. The van der Waals surface area contributed by atoms with Crippen molar-refractivity contribution in [2.24, 2.45) is 0 Å². The second-order valence-corrected chi connectivity index (χ2v) is 6.95. The number of aromatic nitrogens is 4. The Hall–Kier alpha value is -3.27. The molecule has 1 fully saturated rings. The van der Waals surface area contributed by atoms with Crippen LogP contribution in [0.4, 0.5) is 13.2 Å². The van der Waals surface area contributed by atoms with Crippen molar-refractivity contribution in [3.05, 3.63) is 71.5 Å². The number of nitrogens with zero attached hydrogens (tertiary/aromatic N) is 6. The van der Waals surface area contributed by atoms with Gasteiger partial charge in [-0.1, -0.05) is 30.3 Å². The predicted octanol–water partition coefficient (Wildman–Crippen LogP) is 2.64. The number of hydrogen-bond acceptors (Lipinski definition) is 5. The van der Waals surface area contributed by atoms with E-state index < -0.39 is 17.6 Å². The highest BCUT2D eigenvalue weighted by molar-refractivity contribution is 5.96. The van der Waals surface area contributed by atoms with Gasteiger partial charge >= 0.3 is 6.18 Å². The number of carbonyl (C=O) groups is 1.